The number of hydrogen-bond donors (Lipinski definition) is 1. The summed E-state index contributed by atoms with van der Waals surface area (Å²) < 4.78 is 1.72. The van der Waals surface area contributed by atoms with Crippen LogP contribution in [0.15, 0.2) is 42.6 Å². The van der Waals surface area contributed by atoms with Gasteiger partial charge in [-0.3, -0.25) is 4.79 Å². The van der Waals surface area contributed by atoms with Crippen molar-refractivity contribution in [2.75, 3.05) is 13.1 Å². The maximum Gasteiger partial charge on any atom is 0.181 e. The van der Waals surface area contributed by atoms with Crippen LogP contribution in [-0.4, -0.2) is 28.7 Å². The Morgan fingerprint density at radius 1 is 1.28 bits per heavy atom. The third-order valence-electron chi connectivity index (χ3n) is 3.27. The van der Waals surface area contributed by atoms with E-state index < -0.39 is 0 Å². The van der Waals surface area contributed by atoms with Crippen LogP contribution < -0.4 is 5.32 Å². The fraction of sp³-hybridized carbons (Fsp3) is 0.286. The lowest BCUT2D eigenvalue weighted by Crippen LogP contribution is -2.43. The van der Waals surface area contributed by atoms with Crippen LogP contribution in [0.2, 0.25) is 0 Å². The maximum absolute atomic E-state index is 12.2. The fourth-order valence-corrected chi connectivity index (χ4v) is 2.15. The molecule has 0 atom stereocenters. The Morgan fingerprint density at radius 2 is 2.06 bits per heavy atom. The van der Waals surface area contributed by atoms with Crippen LogP contribution in [0, 0.1) is 5.92 Å². The van der Waals surface area contributed by atoms with E-state index in [4.69, 9.17) is 0 Å². The first-order valence-corrected chi connectivity index (χ1v) is 6.18. The summed E-state index contributed by atoms with van der Waals surface area (Å²) in [7, 11) is 0. The Balaban J connectivity index is 1.84. The molecule has 92 valence electrons. The summed E-state index contributed by atoms with van der Waals surface area (Å²) in [4.78, 5) is 12.2. The van der Waals surface area contributed by atoms with Crippen molar-refractivity contribution >= 4 is 5.78 Å². The molecule has 1 saturated heterocycles. The summed E-state index contributed by atoms with van der Waals surface area (Å²) in [5.41, 5.74) is 1.60. The van der Waals surface area contributed by atoms with Crippen molar-refractivity contribution in [3.8, 4) is 5.69 Å². The minimum Gasteiger partial charge on any atom is -0.316 e. The lowest BCUT2D eigenvalue weighted by Gasteiger charge is -2.26. The molecule has 1 N–H and O–H groups in total. The molecular weight excluding hydrogens is 226 g/mol. The molecule has 2 aromatic rings. The number of benzene rings is 1. The molecule has 4 nitrogen and oxygen atoms in total. The highest BCUT2D eigenvalue weighted by Crippen LogP contribution is 2.16. The molecule has 1 aliphatic rings. The summed E-state index contributed by atoms with van der Waals surface area (Å²) in [5.74, 6) is 0.652. The Kier molecular flexibility index (Phi) is 2.94. The largest absolute Gasteiger partial charge is 0.316 e. The highest BCUT2D eigenvalue weighted by Gasteiger charge is 2.22. The van der Waals surface area contributed by atoms with E-state index in [9.17, 15) is 4.79 Å². The van der Waals surface area contributed by atoms with Gasteiger partial charge < -0.3 is 5.32 Å². The average molecular weight is 241 g/mol. The SMILES string of the molecule is O=C(CC1CNC1)c1ccnn1-c1ccccc1. The van der Waals surface area contributed by atoms with Gasteiger partial charge in [0.25, 0.3) is 0 Å². The summed E-state index contributed by atoms with van der Waals surface area (Å²) in [6.07, 6.45) is 2.28. The fourth-order valence-electron chi connectivity index (χ4n) is 2.15. The van der Waals surface area contributed by atoms with Gasteiger partial charge in [0.1, 0.15) is 5.69 Å². The minimum absolute atomic E-state index is 0.169. The van der Waals surface area contributed by atoms with E-state index in [1.54, 1.807) is 16.9 Å². The quantitative estimate of drug-likeness (QED) is 0.828. The third kappa shape index (κ3) is 2.07. The van der Waals surface area contributed by atoms with Crippen LogP contribution in [0.3, 0.4) is 0 Å². The van der Waals surface area contributed by atoms with Gasteiger partial charge in [-0.15, -0.1) is 0 Å². The van der Waals surface area contributed by atoms with Crippen molar-refractivity contribution in [2.45, 2.75) is 6.42 Å². The number of aromatic nitrogens is 2. The van der Waals surface area contributed by atoms with Gasteiger partial charge in [0.05, 0.1) is 11.9 Å². The molecule has 3 rings (SSSR count). The first-order chi connectivity index (χ1) is 8.84. The molecule has 4 heteroatoms. The van der Waals surface area contributed by atoms with Gasteiger partial charge in [-0.25, -0.2) is 4.68 Å². The van der Waals surface area contributed by atoms with Gasteiger partial charge in [0.15, 0.2) is 5.78 Å². The molecule has 0 spiro atoms. The van der Waals surface area contributed by atoms with E-state index in [-0.39, 0.29) is 5.78 Å². The first kappa shape index (κ1) is 11.2. The summed E-state index contributed by atoms with van der Waals surface area (Å²) >= 11 is 0. The molecule has 1 aromatic heterocycles. The standard InChI is InChI=1S/C14H15N3O/c18-14(8-11-9-15-10-11)13-6-7-16-17(13)12-4-2-1-3-5-12/h1-7,11,15H,8-10H2. The maximum atomic E-state index is 12.2. The van der Waals surface area contributed by atoms with E-state index >= 15 is 0 Å². The number of carbonyl (C=O) groups excluding carboxylic acids is 1. The Bertz CT molecular complexity index is 543. The second kappa shape index (κ2) is 4.74. The summed E-state index contributed by atoms with van der Waals surface area (Å²) in [5, 5.41) is 7.42. The van der Waals surface area contributed by atoms with E-state index in [1.807, 2.05) is 30.3 Å². The van der Waals surface area contributed by atoms with Crippen LogP contribution in [0.5, 0.6) is 0 Å². The molecule has 1 aromatic carbocycles. The van der Waals surface area contributed by atoms with Crippen LogP contribution in [0.4, 0.5) is 0 Å². The van der Waals surface area contributed by atoms with Gasteiger partial charge in [-0.05, 0) is 37.2 Å². The van der Waals surface area contributed by atoms with Crippen LogP contribution in [-0.2, 0) is 0 Å². The summed E-state index contributed by atoms with van der Waals surface area (Å²) in [6.45, 7) is 1.90. The molecule has 0 radical (unpaired) electrons. The topological polar surface area (TPSA) is 46.9 Å². The molecule has 0 amide bonds. The van der Waals surface area contributed by atoms with Gasteiger partial charge in [0.2, 0.25) is 0 Å². The number of nitrogens with zero attached hydrogens (tertiary/aromatic N) is 2. The zero-order chi connectivity index (χ0) is 12.4. The number of Topliss-reactive ketones (excluding diaryl/α,β-unsaturated/α-hetero) is 1. The Labute approximate surface area is 106 Å². The van der Waals surface area contributed by atoms with Gasteiger partial charge in [-0.1, -0.05) is 18.2 Å². The number of hydrogen-bond acceptors (Lipinski definition) is 3. The van der Waals surface area contributed by atoms with E-state index in [0.717, 1.165) is 18.8 Å². The predicted molar refractivity (Wildman–Crippen MR) is 68.9 cm³/mol. The Hall–Kier alpha value is -1.94. The van der Waals surface area contributed by atoms with Gasteiger partial charge in [-0.2, -0.15) is 5.10 Å². The number of para-hydroxylation sites is 1. The van der Waals surface area contributed by atoms with E-state index in [1.165, 1.54) is 0 Å². The number of ketones is 1. The number of rotatable bonds is 4. The van der Waals surface area contributed by atoms with Crippen LogP contribution >= 0.6 is 0 Å². The molecule has 0 unspecified atom stereocenters. The molecule has 2 heterocycles. The molecule has 0 bridgehead atoms. The molecular formula is C14H15N3O. The Morgan fingerprint density at radius 3 is 2.72 bits per heavy atom. The summed E-state index contributed by atoms with van der Waals surface area (Å²) in [6, 6.07) is 11.5. The van der Waals surface area contributed by atoms with Crippen molar-refractivity contribution < 1.29 is 4.79 Å². The van der Waals surface area contributed by atoms with Gasteiger partial charge in [0, 0.05) is 6.42 Å². The highest BCUT2D eigenvalue weighted by molar-refractivity contribution is 5.95. The van der Waals surface area contributed by atoms with Gasteiger partial charge >= 0.3 is 0 Å². The molecule has 1 aliphatic heterocycles. The predicted octanol–water partition coefficient (Wildman–Crippen LogP) is 1.66. The zero-order valence-electron chi connectivity index (χ0n) is 10.0. The van der Waals surface area contributed by atoms with E-state index in [0.29, 0.717) is 18.0 Å². The lowest BCUT2D eigenvalue weighted by molar-refractivity contribution is 0.0938. The highest BCUT2D eigenvalue weighted by atomic mass is 16.1. The van der Waals surface area contributed by atoms with Crippen molar-refractivity contribution in [2.24, 2.45) is 5.92 Å². The first-order valence-electron chi connectivity index (χ1n) is 6.18. The monoisotopic (exact) mass is 241 g/mol. The molecule has 0 aliphatic carbocycles. The number of nitrogens with one attached hydrogen (secondary N) is 1. The normalized spacial score (nSPS) is 15.3. The number of carbonyl (C=O) groups is 1. The second-order valence-electron chi connectivity index (χ2n) is 4.62. The minimum atomic E-state index is 0.169. The molecule has 0 saturated carbocycles. The zero-order valence-corrected chi connectivity index (χ0v) is 10.0. The van der Waals surface area contributed by atoms with Crippen molar-refractivity contribution in [3.63, 3.8) is 0 Å². The van der Waals surface area contributed by atoms with Crippen LogP contribution in [0.25, 0.3) is 5.69 Å². The van der Waals surface area contributed by atoms with Crippen LogP contribution in [0.1, 0.15) is 16.9 Å². The lowest BCUT2D eigenvalue weighted by atomic mass is 9.95. The van der Waals surface area contributed by atoms with E-state index in [2.05, 4.69) is 10.4 Å². The molecule has 1 fully saturated rings. The smallest absolute Gasteiger partial charge is 0.181 e. The van der Waals surface area contributed by atoms with Crippen molar-refractivity contribution in [1.82, 2.24) is 15.1 Å². The second-order valence-corrected chi connectivity index (χ2v) is 4.62. The van der Waals surface area contributed by atoms with Crippen molar-refractivity contribution in [1.29, 1.82) is 0 Å². The third-order valence-corrected chi connectivity index (χ3v) is 3.27. The van der Waals surface area contributed by atoms with Crippen molar-refractivity contribution in [3.05, 3.63) is 48.3 Å². The molecule has 18 heavy (non-hydrogen) atoms. The average Bonchev–Trinajstić information content (AvgIpc) is 2.84.